The third-order valence-electron chi connectivity index (χ3n) is 4.30. The highest BCUT2D eigenvalue weighted by atomic mass is 16.6. The van der Waals surface area contributed by atoms with Gasteiger partial charge in [-0.05, 0) is 36.0 Å². The fraction of sp³-hybridized carbons (Fsp3) is 0.412. The maximum absolute atomic E-state index is 12.2. The van der Waals surface area contributed by atoms with Crippen LogP contribution in [-0.4, -0.2) is 10.9 Å². The molecule has 6 nitrogen and oxygen atoms in total. The maximum Gasteiger partial charge on any atom is 0.310 e. The molecule has 1 aromatic rings. The van der Waals surface area contributed by atoms with E-state index in [1.807, 2.05) is 19.9 Å². The molecule has 0 heterocycles. The lowest BCUT2D eigenvalue weighted by atomic mass is 10.1. The van der Waals surface area contributed by atoms with Crippen molar-refractivity contribution in [2.45, 2.75) is 27.4 Å². The van der Waals surface area contributed by atoms with E-state index in [2.05, 4.69) is 6.07 Å². The molecule has 23 heavy (non-hydrogen) atoms. The van der Waals surface area contributed by atoms with Crippen LogP contribution in [0.2, 0.25) is 0 Å². The molecule has 0 aromatic heterocycles. The Hall–Kier alpha value is -2.68. The minimum atomic E-state index is -0.475. The van der Waals surface area contributed by atoms with Crippen molar-refractivity contribution in [1.82, 2.24) is 0 Å². The standard InChI is InChI=1S/C17H18N2O4/c1-11(9-18)8-14-15(17(14,2)3)16(20)23-10-12-4-6-13(7-5-12)19(21)22/h4-8,14-15H,10H2,1-3H3. The number of carbonyl (C=O) groups is 1. The summed E-state index contributed by atoms with van der Waals surface area (Å²) in [6, 6.07) is 7.96. The lowest BCUT2D eigenvalue weighted by Crippen LogP contribution is -2.10. The van der Waals surface area contributed by atoms with Crippen LogP contribution in [0.25, 0.3) is 0 Å². The van der Waals surface area contributed by atoms with E-state index in [9.17, 15) is 14.9 Å². The lowest BCUT2D eigenvalue weighted by Gasteiger charge is -2.05. The predicted molar refractivity (Wildman–Crippen MR) is 83.0 cm³/mol. The number of allylic oxidation sites excluding steroid dienone is 2. The molecular weight excluding hydrogens is 296 g/mol. The van der Waals surface area contributed by atoms with Gasteiger partial charge in [-0.25, -0.2) is 0 Å². The summed E-state index contributed by atoms with van der Waals surface area (Å²) in [5, 5.41) is 19.4. The topological polar surface area (TPSA) is 93.2 Å². The van der Waals surface area contributed by atoms with Crippen LogP contribution < -0.4 is 0 Å². The number of nitrogens with zero attached hydrogens (tertiary/aromatic N) is 2. The summed E-state index contributed by atoms with van der Waals surface area (Å²) < 4.78 is 5.31. The molecule has 6 heteroatoms. The van der Waals surface area contributed by atoms with Gasteiger partial charge in [0.25, 0.3) is 5.69 Å². The highest BCUT2D eigenvalue weighted by molar-refractivity contribution is 5.78. The van der Waals surface area contributed by atoms with Crippen molar-refractivity contribution in [2.24, 2.45) is 17.3 Å². The number of esters is 1. The highest BCUT2D eigenvalue weighted by Gasteiger charge is 2.61. The van der Waals surface area contributed by atoms with Gasteiger partial charge in [-0.1, -0.05) is 19.9 Å². The summed E-state index contributed by atoms with van der Waals surface area (Å²) in [5.41, 5.74) is 1.07. The normalized spacial score (nSPS) is 22.1. The largest absolute Gasteiger partial charge is 0.461 e. The van der Waals surface area contributed by atoms with E-state index in [1.165, 1.54) is 12.1 Å². The van der Waals surface area contributed by atoms with Crippen LogP contribution in [0.15, 0.2) is 35.9 Å². The second kappa shape index (κ2) is 6.21. The van der Waals surface area contributed by atoms with Gasteiger partial charge in [0.1, 0.15) is 6.61 Å². The average molecular weight is 314 g/mol. The van der Waals surface area contributed by atoms with E-state index in [0.29, 0.717) is 11.1 Å². The van der Waals surface area contributed by atoms with Gasteiger partial charge in [0.05, 0.1) is 16.9 Å². The van der Waals surface area contributed by atoms with Crippen molar-refractivity contribution in [1.29, 1.82) is 5.26 Å². The Kier molecular flexibility index (Phi) is 4.50. The summed E-state index contributed by atoms with van der Waals surface area (Å²) in [6.45, 7) is 5.73. The summed E-state index contributed by atoms with van der Waals surface area (Å²) in [7, 11) is 0. The smallest absolute Gasteiger partial charge is 0.310 e. The molecule has 0 amide bonds. The Labute approximate surface area is 134 Å². The average Bonchev–Trinajstić information content (AvgIpc) is 3.05. The lowest BCUT2D eigenvalue weighted by molar-refractivity contribution is -0.384. The first-order chi connectivity index (χ1) is 10.8. The molecule has 2 unspecified atom stereocenters. The zero-order chi connectivity index (χ0) is 17.2. The molecule has 120 valence electrons. The number of benzene rings is 1. The maximum atomic E-state index is 12.2. The number of carbonyl (C=O) groups excluding carboxylic acids is 1. The van der Waals surface area contributed by atoms with Crippen LogP contribution in [0.5, 0.6) is 0 Å². The fourth-order valence-electron chi connectivity index (χ4n) is 2.70. The quantitative estimate of drug-likeness (QED) is 0.359. The molecule has 0 aliphatic heterocycles. The van der Waals surface area contributed by atoms with Gasteiger partial charge >= 0.3 is 5.97 Å². The second-order valence-corrected chi connectivity index (χ2v) is 6.32. The van der Waals surface area contributed by atoms with E-state index in [1.54, 1.807) is 19.1 Å². The third-order valence-corrected chi connectivity index (χ3v) is 4.30. The molecule has 0 radical (unpaired) electrons. The van der Waals surface area contributed by atoms with Crippen molar-refractivity contribution >= 4 is 11.7 Å². The Bertz CT molecular complexity index is 698. The third kappa shape index (κ3) is 3.57. The summed E-state index contributed by atoms with van der Waals surface area (Å²) >= 11 is 0. The van der Waals surface area contributed by atoms with E-state index in [4.69, 9.17) is 10.00 Å². The van der Waals surface area contributed by atoms with E-state index in [0.717, 1.165) is 0 Å². The summed E-state index contributed by atoms with van der Waals surface area (Å²) in [6.07, 6.45) is 1.82. The number of hydrogen-bond donors (Lipinski definition) is 0. The van der Waals surface area contributed by atoms with Gasteiger partial charge in [-0.15, -0.1) is 0 Å². The number of nitriles is 1. The van der Waals surface area contributed by atoms with Crippen molar-refractivity contribution < 1.29 is 14.5 Å². The second-order valence-electron chi connectivity index (χ2n) is 6.32. The molecule has 0 N–H and O–H groups in total. The molecular formula is C17H18N2O4. The van der Waals surface area contributed by atoms with E-state index < -0.39 is 4.92 Å². The van der Waals surface area contributed by atoms with Crippen molar-refractivity contribution in [3.63, 3.8) is 0 Å². The Balaban J connectivity index is 1.95. The zero-order valence-electron chi connectivity index (χ0n) is 13.3. The molecule has 0 bridgehead atoms. The SMILES string of the molecule is CC(C#N)=CC1C(C(=O)OCc2ccc([N+](=O)[O-])cc2)C1(C)C. The minimum absolute atomic E-state index is 0.000540. The van der Waals surface area contributed by atoms with Crippen LogP contribution in [-0.2, 0) is 16.1 Å². The van der Waals surface area contributed by atoms with Crippen LogP contribution in [0, 0.1) is 38.7 Å². The molecule has 2 atom stereocenters. The highest BCUT2D eigenvalue weighted by Crippen LogP contribution is 2.59. The first-order valence-corrected chi connectivity index (χ1v) is 7.26. The van der Waals surface area contributed by atoms with Crippen LogP contribution in [0.3, 0.4) is 0 Å². The molecule has 1 aliphatic carbocycles. The number of ether oxygens (including phenoxy) is 1. The van der Waals surface area contributed by atoms with Gasteiger partial charge in [-0.3, -0.25) is 14.9 Å². The minimum Gasteiger partial charge on any atom is -0.461 e. The van der Waals surface area contributed by atoms with Gasteiger partial charge in [0.2, 0.25) is 0 Å². The van der Waals surface area contributed by atoms with E-state index >= 15 is 0 Å². The molecule has 1 fully saturated rings. The fourth-order valence-corrected chi connectivity index (χ4v) is 2.70. The van der Waals surface area contributed by atoms with Gasteiger partial charge in [0.15, 0.2) is 0 Å². The first kappa shape index (κ1) is 16.7. The summed E-state index contributed by atoms with van der Waals surface area (Å²) in [4.78, 5) is 22.3. The number of nitro groups is 1. The number of hydrogen-bond acceptors (Lipinski definition) is 5. The Morgan fingerprint density at radius 2 is 2.04 bits per heavy atom. The predicted octanol–water partition coefficient (Wildman–Crippen LogP) is 3.38. The Morgan fingerprint density at radius 1 is 1.43 bits per heavy atom. The van der Waals surface area contributed by atoms with Crippen molar-refractivity contribution in [3.05, 3.63) is 51.6 Å². The number of nitro benzene ring substituents is 1. The number of rotatable bonds is 5. The molecule has 1 aromatic carbocycles. The first-order valence-electron chi connectivity index (χ1n) is 7.26. The van der Waals surface area contributed by atoms with Crippen molar-refractivity contribution in [2.75, 3.05) is 0 Å². The van der Waals surface area contributed by atoms with Crippen LogP contribution in [0.4, 0.5) is 5.69 Å². The van der Waals surface area contributed by atoms with Crippen LogP contribution in [0.1, 0.15) is 26.3 Å². The molecule has 1 saturated carbocycles. The van der Waals surface area contributed by atoms with Gasteiger partial charge in [-0.2, -0.15) is 5.26 Å². The molecule has 1 aliphatic rings. The summed E-state index contributed by atoms with van der Waals surface area (Å²) in [5.74, 6) is -0.560. The molecule has 2 rings (SSSR count). The van der Waals surface area contributed by atoms with Gasteiger partial charge < -0.3 is 4.74 Å². The Morgan fingerprint density at radius 3 is 2.57 bits per heavy atom. The van der Waals surface area contributed by atoms with Crippen molar-refractivity contribution in [3.8, 4) is 6.07 Å². The number of non-ortho nitro benzene ring substituents is 1. The molecule has 0 spiro atoms. The zero-order valence-corrected chi connectivity index (χ0v) is 13.3. The van der Waals surface area contributed by atoms with Crippen LogP contribution >= 0.6 is 0 Å². The molecule has 0 saturated heterocycles. The monoisotopic (exact) mass is 314 g/mol. The van der Waals surface area contributed by atoms with Gasteiger partial charge in [0, 0.05) is 17.7 Å². The van der Waals surface area contributed by atoms with E-state index in [-0.39, 0.29) is 35.5 Å².